The van der Waals surface area contributed by atoms with Crippen LogP contribution < -0.4 is 0 Å². The molecule has 0 amide bonds. The summed E-state index contributed by atoms with van der Waals surface area (Å²) in [5, 5.41) is 0. The highest BCUT2D eigenvalue weighted by Crippen LogP contribution is 2.59. The Balaban J connectivity index is 5.40. The quantitative estimate of drug-likeness (QED) is 0.0518. The van der Waals surface area contributed by atoms with Crippen LogP contribution in [0.5, 0.6) is 0 Å². The highest BCUT2D eigenvalue weighted by atomic mass is 32.7. The first-order valence-corrected chi connectivity index (χ1v) is 28.3. The topological polar surface area (TPSA) is 55.4 Å². The summed E-state index contributed by atoms with van der Waals surface area (Å²) in [7, 11) is -3.03. The SMILES string of the molecule is C=C(CCSP(OC(C)C)OC(C)CSP(OC(C)CSP(CC(C)C)OC(C)C)O[C@@H](C)CSP(CC(C)C)CC(C)C)OF. The average molecular weight is 805 g/mol. The smallest absolute Gasteiger partial charge is 0.238 e. The Morgan fingerprint density at radius 3 is 1.43 bits per heavy atom. The van der Waals surface area contributed by atoms with Crippen LogP contribution in [0, 0.1) is 17.8 Å². The molecule has 0 aromatic heterocycles. The molecule has 0 heterocycles. The van der Waals surface area contributed by atoms with Gasteiger partial charge in [-0.05, 0) is 85.7 Å². The van der Waals surface area contributed by atoms with Crippen LogP contribution in [0.1, 0.15) is 96.4 Å². The van der Waals surface area contributed by atoms with Crippen molar-refractivity contribution in [1.29, 1.82) is 0 Å². The molecule has 0 aromatic rings. The molecule has 15 heteroatoms. The van der Waals surface area contributed by atoms with Gasteiger partial charge in [-0.25, -0.2) is 0 Å². The van der Waals surface area contributed by atoms with E-state index in [0.29, 0.717) is 29.9 Å². The lowest BCUT2D eigenvalue weighted by atomic mass is 10.3. The maximum atomic E-state index is 12.4. The van der Waals surface area contributed by atoms with E-state index in [-0.39, 0.29) is 43.4 Å². The summed E-state index contributed by atoms with van der Waals surface area (Å²) < 4.78 is 44.3. The molecular weight excluding hydrogens is 739 g/mol. The number of halogens is 1. The predicted molar refractivity (Wildman–Crippen MR) is 217 cm³/mol. The third kappa shape index (κ3) is 29.0. The Hall–Kier alpha value is 2.39. The van der Waals surface area contributed by atoms with Gasteiger partial charge in [-0.15, -0.1) is 22.8 Å². The van der Waals surface area contributed by atoms with Crippen molar-refractivity contribution in [1.82, 2.24) is 0 Å². The Labute approximate surface area is 304 Å². The first-order chi connectivity index (χ1) is 21.5. The molecule has 0 saturated carbocycles. The van der Waals surface area contributed by atoms with Crippen molar-refractivity contribution in [3.63, 3.8) is 0 Å². The van der Waals surface area contributed by atoms with Crippen molar-refractivity contribution in [2.24, 2.45) is 17.8 Å². The van der Waals surface area contributed by atoms with E-state index in [2.05, 4.69) is 99.1 Å². The van der Waals surface area contributed by atoms with Crippen LogP contribution in [0.2, 0.25) is 0 Å². The fourth-order valence-corrected chi connectivity index (χ4v) is 21.6. The zero-order valence-corrected chi connectivity index (χ0v) is 37.6. The maximum absolute atomic E-state index is 12.4. The normalized spacial score (nSPS) is 16.5. The molecule has 0 radical (unpaired) electrons. The lowest BCUT2D eigenvalue weighted by molar-refractivity contribution is -0.0850. The number of rotatable bonds is 30. The van der Waals surface area contributed by atoms with E-state index in [0.717, 1.165) is 23.4 Å². The van der Waals surface area contributed by atoms with Gasteiger partial charge in [-0.2, -0.15) is 0 Å². The molecule has 0 aliphatic carbocycles. The fourth-order valence-electron chi connectivity index (χ4n) is 3.37. The predicted octanol–water partition coefficient (Wildman–Crippen LogP) is 13.9. The van der Waals surface area contributed by atoms with Crippen LogP contribution in [0.3, 0.4) is 0 Å². The monoisotopic (exact) mass is 804 g/mol. The third-order valence-electron chi connectivity index (χ3n) is 5.12. The maximum Gasteiger partial charge on any atom is 0.238 e. The zero-order valence-electron chi connectivity index (χ0n) is 30.7. The van der Waals surface area contributed by atoms with Crippen LogP contribution in [0.4, 0.5) is 4.53 Å². The first-order valence-electron chi connectivity index (χ1n) is 16.4. The molecule has 0 spiro atoms. The van der Waals surface area contributed by atoms with Gasteiger partial charge in [0.15, 0.2) is 0 Å². The molecule has 6 atom stereocenters. The molecule has 46 heavy (non-hydrogen) atoms. The van der Waals surface area contributed by atoms with Gasteiger partial charge in [0.25, 0.3) is 0 Å². The second-order valence-corrected chi connectivity index (χ2v) is 27.9. The van der Waals surface area contributed by atoms with Crippen molar-refractivity contribution in [3.05, 3.63) is 12.3 Å². The van der Waals surface area contributed by atoms with Crippen LogP contribution in [-0.4, -0.2) is 72.0 Å². The van der Waals surface area contributed by atoms with E-state index in [4.69, 9.17) is 22.6 Å². The summed E-state index contributed by atoms with van der Waals surface area (Å²) >= 11 is 7.27. The Bertz CT molecular complexity index is 708. The summed E-state index contributed by atoms with van der Waals surface area (Å²) in [6.07, 6.45) is 4.38. The average Bonchev–Trinajstić information content (AvgIpc) is 2.91. The van der Waals surface area contributed by atoms with Crippen molar-refractivity contribution in [2.75, 3.05) is 41.5 Å². The summed E-state index contributed by atoms with van der Waals surface area (Å²) in [4.78, 5) is 3.73. The lowest BCUT2D eigenvalue weighted by Gasteiger charge is -2.28. The van der Waals surface area contributed by atoms with E-state index in [9.17, 15) is 4.53 Å². The van der Waals surface area contributed by atoms with E-state index < -0.39 is 22.5 Å². The summed E-state index contributed by atoms with van der Waals surface area (Å²) in [5.74, 6) is 5.31. The van der Waals surface area contributed by atoms with Gasteiger partial charge in [0, 0.05) is 40.1 Å². The van der Waals surface area contributed by atoms with Crippen molar-refractivity contribution < 1.29 is 32.1 Å². The third-order valence-corrected chi connectivity index (χ3v) is 22.3. The molecule has 276 valence electrons. The summed E-state index contributed by atoms with van der Waals surface area (Å²) in [6, 6.07) is 0. The second kappa shape index (κ2) is 28.9. The van der Waals surface area contributed by atoms with E-state index in [1.165, 1.54) is 12.3 Å². The highest BCUT2D eigenvalue weighted by Gasteiger charge is 2.25. The standard InChI is InChI=1S/C31H65FO6P4S4/c1-23(2)17-39(18-24(3)4)44-20-29(12)37-42(38-30(13)21-45-40(19-25(5)6)34-26(7)8)46-22-31(14)36-41(35-27(9)10)43-16-15-28(11)33-32/h23-27,29-31H,11,15-22H2,1-10,12-14H3/t29-,30?,31?,40?,41?,42?/m0/s1. The molecule has 0 aromatic carbocycles. The Morgan fingerprint density at radius 2 is 1.00 bits per heavy atom. The first kappa shape index (κ1) is 48.4. The lowest BCUT2D eigenvalue weighted by Crippen LogP contribution is -2.15. The molecule has 6 nitrogen and oxygen atoms in total. The van der Waals surface area contributed by atoms with Gasteiger partial charge < -0.3 is 22.6 Å². The van der Waals surface area contributed by atoms with Crippen molar-refractivity contribution in [2.45, 2.75) is 127 Å². The van der Waals surface area contributed by atoms with Crippen molar-refractivity contribution in [3.8, 4) is 0 Å². The number of hydrogen-bond acceptors (Lipinski definition) is 10. The molecule has 0 N–H and O–H groups in total. The largest absolute Gasteiger partial charge is 0.346 e. The van der Waals surface area contributed by atoms with Crippen LogP contribution in [0.15, 0.2) is 12.3 Å². The minimum Gasteiger partial charge on any atom is -0.346 e. The number of allylic oxidation sites excluding steroid dienone is 1. The van der Waals surface area contributed by atoms with E-state index in [1.54, 1.807) is 22.8 Å². The highest BCUT2D eigenvalue weighted by molar-refractivity contribution is 8.56. The van der Waals surface area contributed by atoms with E-state index >= 15 is 0 Å². The Kier molecular flexibility index (Phi) is 30.4. The summed E-state index contributed by atoms with van der Waals surface area (Å²) in [5.41, 5.74) is 0. The second-order valence-electron chi connectivity index (χ2n) is 13.1. The van der Waals surface area contributed by atoms with Gasteiger partial charge in [-0.3, -0.25) is 4.94 Å². The van der Waals surface area contributed by atoms with Gasteiger partial charge >= 0.3 is 0 Å². The number of hydrogen-bond donors (Lipinski definition) is 0. The minimum absolute atomic E-state index is 0.0253. The summed E-state index contributed by atoms with van der Waals surface area (Å²) in [6.45, 7) is 32.0. The minimum atomic E-state index is -1.20. The molecular formula is C31H65FO6P4S4. The molecule has 0 rings (SSSR count). The van der Waals surface area contributed by atoms with Crippen molar-refractivity contribution >= 4 is 75.2 Å². The van der Waals surface area contributed by atoms with Crippen LogP contribution >= 0.6 is 75.2 Å². The van der Waals surface area contributed by atoms with Gasteiger partial charge in [-0.1, -0.05) is 70.9 Å². The molecule has 0 fully saturated rings. The van der Waals surface area contributed by atoms with Crippen LogP contribution in [0.25, 0.3) is 0 Å². The van der Waals surface area contributed by atoms with Gasteiger partial charge in [0.2, 0.25) is 15.2 Å². The molecule has 0 aliphatic heterocycles. The van der Waals surface area contributed by atoms with E-state index in [1.807, 2.05) is 25.2 Å². The fraction of sp³-hybridized carbons (Fsp3) is 0.935. The Morgan fingerprint density at radius 1 is 0.565 bits per heavy atom. The molecule has 0 saturated heterocycles. The van der Waals surface area contributed by atoms with Gasteiger partial charge in [0.1, 0.15) is 5.76 Å². The van der Waals surface area contributed by atoms with Crippen LogP contribution in [-0.2, 0) is 27.6 Å². The molecule has 0 bridgehead atoms. The van der Waals surface area contributed by atoms with Gasteiger partial charge in [0.05, 0.1) is 37.9 Å². The molecule has 5 unspecified atom stereocenters. The zero-order chi connectivity index (χ0) is 35.2. The molecule has 0 aliphatic rings.